The number of likely N-dealkylation sites (N-methyl/N-ethyl adjacent to an activating group) is 2. The molecule has 0 saturated heterocycles. The Balaban J connectivity index is 2.95. The van der Waals surface area contributed by atoms with Crippen molar-refractivity contribution >= 4 is 23.7 Å². The van der Waals surface area contributed by atoms with Crippen molar-refractivity contribution in [2.45, 2.75) is 92.1 Å². The maximum atomic E-state index is 13.6. The van der Waals surface area contributed by atoms with E-state index in [1.54, 1.807) is 21.0 Å². The average Bonchev–Trinajstić information content (AvgIpc) is 2.86. The van der Waals surface area contributed by atoms with Crippen molar-refractivity contribution in [3.8, 4) is 0 Å². The number of hydrogen-bond donors (Lipinski definition) is 3. The van der Waals surface area contributed by atoms with Crippen molar-refractivity contribution in [2.24, 2.45) is 17.8 Å². The average molecular weight is 533 g/mol. The van der Waals surface area contributed by atoms with Crippen molar-refractivity contribution in [1.29, 1.82) is 0 Å². The van der Waals surface area contributed by atoms with Crippen LogP contribution in [0.5, 0.6) is 0 Å². The molecule has 0 radical (unpaired) electrons. The molecule has 0 bridgehead atoms. The molecule has 38 heavy (non-hydrogen) atoms. The first-order chi connectivity index (χ1) is 17.8. The number of benzene rings is 1. The molecule has 214 valence electrons. The lowest BCUT2D eigenvalue weighted by atomic mass is 9.97. The summed E-state index contributed by atoms with van der Waals surface area (Å²) in [4.78, 5) is 53.7. The lowest BCUT2D eigenvalue weighted by Crippen LogP contribution is -2.59. The van der Waals surface area contributed by atoms with Gasteiger partial charge in [-0.05, 0) is 50.1 Å². The van der Waals surface area contributed by atoms with E-state index in [-0.39, 0.29) is 30.3 Å². The maximum Gasteiger partial charge on any atom is 0.328 e. The van der Waals surface area contributed by atoms with Crippen LogP contribution in [0.3, 0.4) is 0 Å². The SMILES string of the molecule is CN[C@@H](CC(C)C)C(=O)N[C@H](C(=O)N(C)[C@@H](CC(C)C)C(=O)N[C@@H](C)C(=O)OCc1ccccc1)C(C)C. The Hall–Kier alpha value is -2.94. The Kier molecular flexibility index (Phi) is 14.0. The fourth-order valence-corrected chi connectivity index (χ4v) is 4.08. The van der Waals surface area contributed by atoms with Gasteiger partial charge in [-0.15, -0.1) is 0 Å². The molecule has 0 spiro atoms. The smallest absolute Gasteiger partial charge is 0.328 e. The zero-order valence-electron chi connectivity index (χ0n) is 24.5. The summed E-state index contributed by atoms with van der Waals surface area (Å²) < 4.78 is 5.35. The Labute approximate surface area is 228 Å². The van der Waals surface area contributed by atoms with Gasteiger partial charge >= 0.3 is 5.97 Å². The van der Waals surface area contributed by atoms with Crippen LogP contribution in [0.4, 0.5) is 0 Å². The number of esters is 1. The van der Waals surface area contributed by atoms with E-state index in [4.69, 9.17) is 4.74 Å². The molecule has 9 heteroatoms. The van der Waals surface area contributed by atoms with Gasteiger partial charge in [-0.2, -0.15) is 0 Å². The molecular formula is C29H48N4O5. The molecular weight excluding hydrogens is 484 g/mol. The first-order valence-corrected chi connectivity index (χ1v) is 13.5. The quantitative estimate of drug-likeness (QED) is 0.299. The number of nitrogens with zero attached hydrogens (tertiary/aromatic N) is 1. The van der Waals surface area contributed by atoms with Crippen molar-refractivity contribution in [3.63, 3.8) is 0 Å². The molecule has 3 N–H and O–H groups in total. The predicted octanol–water partition coefficient (Wildman–Crippen LogP) is 2.88. The summed E-state index contributed by atoms with van der Waals surface area (Å²) >= 11 is 0. The van der Waals surface area contributed by atoms with Gasteiger partial charge in [0.2, 0.25) is 17.7 Å². The minimum Gasteiger partial charge on any atom is -0.459 e. The number of rotatable bonds is 15. The van der Waals surface area contributed by atoms with Crippen molar-refractivity contribution in [3.05, 3.63) is 35.9 Å². The van der Waals surface area contributed by atoms with Gasteiger partial charge < -0.3 is 25.6 Å². The molecule has 3 amide bonds. The second-order valence-corrected chi connectivity index (χ2v) is 11.1. The number of ether oxygens (including phenoxy) is 1. The summed E-state index contributed by atoms with van der Waals surface area (Å²) in [6, 6.07) is 6.35. The topological polar surface area (TPSA) is 117 Å². The number of carbonyl (C=O) groups excluding carboxylic acids is 4. The highest BCUT2D eigenvalue weighted by molar-refractivity contribution is 5.94. The standard InChI is InChI=1S/C29H48N4O5/c1-18(2)15-23(30-8)26(34)32-25(20(5)6)28(36)33(9)24(16-19(3)4)27(35)31-21(7)29(37)38-17-22-13-11-10-12-14-22/h10-14,18-21,23-25,30H,15-17H2,1-9H3,(H,31,35)(H,32,34)/t21-,23-,24-,25-/m0/s1. The van der Waals surface area contributed by atoms with Crippen LogP contribution < -0.4 is 16.0 Å². The van der Waals surface area contributed by atoms with Crippen molar-refractivity contribution in [2.75, 3.05) is 14.1 Å². The van der Waals surface area contributed by atoms with Crippen molar-refractivity contribution < 1.29 is 23.9 Å². The summed E-state index contributed by atoms with van der Waals surface area (Å²) in [5, 5.41) is 8.62. The van der Waals surface area contributed by atoms with Crippen LogP contribution >= 0.6 is 0 Å². The highest BCUT2D eigenvalue weighted by Crippen LogP contribution is 2.16. The lowest BCUT2D eigenvalue weighted by molar-refractivity contribution is -0.150. The van der Waals surface area contributed by atoms with E-state index < -0.39 is 36.0 Å². The van der Waals surface area contributed by atoms with Crippen LogP contribution in [0.2, 0.25) is 0 Å². The Morgan fingerprint density at radius 2 is 1.42 bits per heavy atom. The van der Waals surface area contributed by atoms with Gasteiger partial charge in [-0.3, -0.25) is 14.4 Å². The monoisotopic (exact) mass is 532 g/mol. The molecule has 1 aromatic carbocycles. The number of amides is 3. The Bertz CT molecular complexity index is 903. The zero-order chi connectivity index (χ0) is 29.0. The summed E-state index contributed by atoms with van der Waals surface area (Å²) in [6.07, 6.45) is 1.03. The van der Waals surface area contributed by atoms with Gasteiger partial charge in [0, 0.05) is 7.05 Å². The first kappa shape index (κ1) is 33.1. The van der Waals surface area contributed by atoms with E-state index >= 15 is 0 Å². The molecule has 0 saturated carbocycles. The molecule has 1 aromatic rings. The summed E-state index contributed by atoms with van der Waals surface area (Å²) in [5.74, 6) is -1.40. The summed E-state index contributed by atoms with van der Waals surface area (Å²) in [5.41, 5.74) is 0.845. The van der Waals surface area contributed by atoms with Gasteiger partial charge in [0.05, 0.1) is 6.04 Å². The van der Waals surface area contributed by atoms with Gasteiger partial charge in [0.15, 0.2) is 0 Å². The Morgan fingerprint density at radius 1 is 0.842 bits per heavy atom. The normalized spacial score (nSPS) is 14.5. The second-order valence-electron chi connectivity index (χ2n) is 11.1. The van der Waals surface area contributed by atoms with Gasteiger partial charge in [0.1, 0.15) is 24.7 Å². The minimum absolute atomic E-state index is 0.105. The minimum atomic E-state index is -0.891. The van der Waals surface area contributed by atoms with Gasteiger partial charge in [-0.25, -0.2) is 4.79 Å². The van der Waals surface area contributed by atoms with E-state index in [1.165, 1.54) is 4.90 Å². The third-order valence-electron chi connectivity index (χ3n) is 6.35. The van der Waals surface area contributed by atoms with E-state index in [0.717, 1.165) is 5.56 Å². The van der Waals surface area contributed by atoms with Crippen LogP contribution in [-0.2, 0) is 30.5 Å². The molecule has 0 heterocycles. The highest BCUT2D eigenvalue weighted by Gasteiger charge is 2.35. The van der Waals surface area contributed by atoms with Crippen LogP contribution in [0.1, 0.15) is 66.9 Å². The molecule has 0 fully saturated rings. The predicted molar refractivity (Wildman–Crippen MR) is 149 cm³/mol. The molecule has 0 aliphatic carbocycles. The molecule has 4 atom stereocenters. The second kappa shape index (κ2) is 16.1. The fourth-order valence-electron chi connectivity index (χ4n) is 4.08. The first-order valence-electron chi connectivity index (χ1n) is 13.5. The van der Waals surface area contributed by atoms with E-state index in [0.29, 0.717) is 18.8 Å². The molecule has 0 aliphatic heterocycles. The van der Waals surface area contributed by atoms with E-state index in [9.17, 15) is 19.2 Å². The van der Waals surface area contributed by atoms with Crippen molar-refractivity contribution in [1.82, 2.24) is 20.9 Å². The molecule has 0 unspecified atom stereocenters. The number of hydrogen-bond acceptors (Lipinski definition) is 6. The summed E-state index contributed by atoms with van der Waals surface area (Å²) in [7, 11) is 3.29. The number of carbonyl (C=O) groups is 4. The molecule has 1 rings (SSSR count). The van der Waals surface area contributed by atoms with Crippen LogP contribution in [-0.4, -0.2) is 66.9 Å². The van der Waals surface area contributed by atoms with Crippen LogP contribution in [0.15, 0.2) is 30.3 Å². The third kappa shape index (κ3) is 10.8. The molecule has 9 nitrogen and oxygen atoms in total. The zero-order valence-corrected chi connectivity index (χ0v) is 24.5. The summed E-state index contributed by atoms with van der Waals surface area (Å²) in [6.45, 7) is 13.4. The number of nitrogens with one attached hydrogen (secondary N) is 3. The van der Waals surface area contributed by atoms with E-state index in [1.807, 2.05) is 71.9 Å². The van der Waals surface area contributed by atoms with Crippen LogP contribution in [0, 0.1) is 17.8 Å². The largest absolute Gasteiger partial charge is 0.459 e. The van der Waals surface area contributed by atoms with Gasteiger partial charge in [0.25, 0.3) is 0 Å². The van der Waals surface area contributed by atoms with Crippen LogP contribution in [0.25, 0.3) is 0 Å². The van der Waals surface area contributed by atoms with E-state index in [2.05, 4.69) is 16.0 Å². The fraction of sp³-hybridized carbons (Fsp3) is 0.655. The Morgan fingerprint density at radius 3 is 1.92 bits per heavy atom. The maximum absolute atomic E-state index is 13.6. The van der Waals surface area contributed by atoms with Gasteiger partial charge in [-0.1, -0.05) is 71.9 Å². The molecule has 0 aliphatic rings. The third-order valence-corrected chi connectivity index (χ3v) is 6.35. The highest BCUT2D eigenvalue weighted by atomic mass is 16.5. The lowest BCUT2D eigenvalue weighted by Gasteiger charge is -2.34. The molecule has 0 aromatic heterocycles.